The minimum absolute atomic E-state index is 0. The van der Waals surface area contributed by atoms with Gasteiger partial charge in [-0.05, 0) is 20.8 Å². The normalized spacial score (nSPS) is 4.68. The van der Waals surface area contributed by atoms with Crippen LogP contribution in [0.25, 0.3) is 0 Å². The molecule has 0 rings (SSSR count). The SMILES string of the molecule is C.C.CC(=O)[O-].CC(=O)[O-].CC(=O)[O-].C[S-].C[S-].C[S-].[CH2-]C.[Rb+].[Rb+].[Rb+].[Rb+].[Rb+].[Rb+].[S-]CC([S-])C[S-]. The molecule has 0 aromatic heterocycles. The van der Waals surface area contributed by atoms with Crippen molar-refractivity contribution < 1.29 is 379 Å². The largest absolute Gasteiger partial charge is 1.00 e. The Morgan fingerprint density at radius 2 is 0.647 bits per heavy atom. The topological polar surface area (TPSA) is 120 Å². The monoisotopic (exact) mass is 1030 g/mol. The summed E-state index contributed by atoms with van der Waals surface area (Å²) in [7, 11) is 0. The maximum atomic E-state index is 8.89. The van der Waals surface area contributed by atoms with Gasteiger partial charge in [0.05, 0.1) is 0 Å². The third kappa shape index (κ3) is 330. The Morgan fingerprint density at radius 3 is 0.647 bits per heavy atom. The zero-order chi connectivity index (χ0) is 23.7. The van der Waals surface area contributed by atoms with Crippen molar-refractivity contribution in [1.29, 1.82) is 0 Å². The fourth-order valence-electron chi connectivity index (χ4n) is 0.0481. The molecule has 0 N–H and O–H groups in total. The Bertz CT molecular complexity index is 214. The number of carboxylic acids is 3. The van der Waals surface area contributed by atoms with Gasteiger partial charge in [-0.2, -0.15) is 37.2 Å². The van der Waals surface area contributed by atoms with Crippen molar-refractivity contribution in [2.24, 2.45) is 0 Å². The summed E-state index contributed by atoms with van der Waals surface area (Å²) in [6.45, 7) is 7.92. The summed E-state index contributed by atoms with van der Waals surface area (Å²) in [6, 6.07) is 0. The molecule has 0 radical (unpaired) electrons. The second-order valence-corrected chi connectivity index (χ2v) is 3.76. The summed E-state index contributed by atoms with van der Waals surface area (Å²) in [4.78, 5) is 26.7. The maximum absolute atomic E-state index is 8.89. The second-order valence-electron chi connectivity index (χ2n) is 2.43. The first-order chi connectivity index (χ1) is 12.0. The van der Waals surface area contributed by atoms with Crippen molar-refractivity contribution >= 4 is 93.7 Å². The van der Waals surface area contributed by atoms with Crippen LogP contribution < -0.4 is 364 Å². The van der Waals surface area contributed by atoms with E-state index in [-0.39, 0.29) is 369 Å². The molecule has 0 aliphatic carbocycles. The average molecular weight is 1030 g/mol. The van der Waals surface area contributed by atoms with E-state index in [1.165, 1.54) is 0 Å². The molecule has 182 valence electrons. The first kappa shape index (κ1) is 104. The van der Waals surface area contributed by atoms with Gasteiger partial charge in [-0.25, -0.2) is 5.25 Å². The van der Waals surface area contributed by atoms with E-state index in [9.17, 15) is 0 Å². The Labute approximate surface area is 539 Å². The molecule has 0 saturated carbocycles. The molecule has 0 saturated heterocycles. The predicted molar refractivity (Wildman–Crippen MR) is 132 cm³/mol. The van der Waals surface area contributed by atoms with E-state index >= 15 is 0 Å². The van der Waals surface area contributed by atoms with Crippen LogP contribution in [0, 0.1) is 6.92 Å². The van der Waals surface area contributed by atoms with E-state index in [1.54, 1.807) is 25.7 Å². The molecule has 0 unspecified atom stereocenters. The summed E-state index contributed by atoms with van der Waals surface area (Å²) >= 11 is 26.2. The molecule has 0 fully saturated rings. The number of carbonyl (C=O) groups is 3. The van der Waals surface area contributed by atoms with Crippen LogP contribution in [0.2, 0.25) is 0 Å². The molecule has 0 atom stereocenters. The summed E-state index contributed by atoms with van der Waals surface area (Å²) < 4.78 is 0. The van der Waals surface area contributed by atoms with Crippen LogP contribution in [-0.4, -0.2) is 53.4 Å². The molecule has 0 aliphatic rings. The molecule has 34 heavy (non-hydrogen) atoms. The Morgan fingerprint density at radius 1 is 0.588 bits per heavy atom. The van der Waals surface area contributed by atoms with E-state index in [0.717, 1.165) is 20.8 Å². The molecule has 0 spiro atoms. The third-order valence-corrected chi connectivity index (χ3v) is 1.93. The fraction of sp³-hybridized carbons (Fsp3) is 0.750. The van der Waals surface area contributed by atoms with Gasteiger partial charge in [-0.1, -0.05) is 14.9 Å². The first-order valence-electron chi connectivity index (χ1n) is 6.29. The number of hydrogen-bond acceptors (Lipinski definition) is 12. The molecule has 0 aromatic rings. The van der Waals surface area contributed by atoms with Gasteiger partial charge in [0, 0.05) is 17.9 Å². The molecular formula is C16H36O6Rb6S6-4. The van der Waals surface area contributed by atoms with Crippen LogP contribution in [-0.2, 0) is 90.2 Å². The fourth-order valence-corrected chi connectivity index (χ4v) is 0.433. The number of hydrogen-bond donors (Lipinski definition) is 0. The summed E-state index contributed by atoms with van der Waals surface area (Å²) in [5.41, 5.74) is 0. The van der Waals surface area contributed by atoms with E-state index in [0.29, 0.717) is 11.5 Å². The van der Waals surface area contributed by atoms with Crippen molar-refractivity contribution in [2.45, 2.75) is 47.8 Å². The first-order valence-corrected chi connectivity index (χ1v) is 10.4. The van der Waals surface area contributed by atoms with Crippen LogP contribution in [0.5, 0.6) is 0 Å². The zero-order valence-corrected chi connectivity index (χ0v) is 56.5. The van der Waals surface area contributed by atoms with Gasteiger partial charge in [0.2, 0.25) is 0 Å². The quantitative estimate of drug-likeness (QED) is 0.193. The number of rotatable bonds is 2. The van der Waals surface area contributed by atoms with Gasteiger partial charge >= 0.3 is 349 Å². The van der Waals surface area contributed by atoms with Gasteiger partial charge in [0.1, 0.15) is 0 Å². The van der Waals surface area contributed by atoms with E-state index in [2.05, 4.69) is 70.1 Å². The van der Waals surface area contributed by atoms with Crippen LogP contribution in [0.15, 0.2) is 0 Å². The molecule has 0 aliphatic heterocycles. The molecule has 0 heterocycles. The third-order valence-electron chi connectivity index (χ3n) is 0.372. The van der Waals surface area contributed by atoms with Crippen LogP contribution >= 0.6 is 0 Å². The van der Waals surface area contributed by atoms with Crippen LogP contribution in [0.3, 0.4) is 0 Å². The van der Waals surface area contributed by atoms with Gasteiger partial charge in [0.25, 0.3) is 0 Å². The van der Waals surface area contributed by atoms with E-state index in [4.69, 9.17) is 42.3 Å². The molecule has 6 nitrogen and oxygen atoms in total. The van der Waals surface area contributed by atoms with Gasteiger partial charge in [-0.15, -0.1) is 0 Å². The van der Waals surface area contributed by atoms with E-state index in [1.807, 2.05) is 0 Å². The Kier molecular flexibility index (Phi) is 395. The van der Waals surface area contributed by atoms with Crippen molar-refractivity contribution in [3.63, 3.8) is 0 Å². The molecular weight excluding hydrogens is 993 g/mol. The second kappa shape index (κ2) is 130. The Balaban J connectivity index is -0.00000000776. The zero-order valence-electron chi connectivity index (χ0n) is 22.1. The van der Waals surface area contributed by atoms with Gasteiger partial charge < -0.3 is 112 Å². The molecule has 0 amide bonds. The van der Waals surface area contributed by atoms with Crippen molar-refractivity contribution in [3.05, 3.63) is 6.92 Å². The van der Waals surface area contributed by atoms with E-state index < -0.39 is 17.9 Å². The molecule has 18 heteroatoms. The minimum atomic E-state index is -1.08. The van der Waals surface area contributed by atoms with Gasteiger partial charge in [0.15, 0.2) is 0 Å². The van der Waals surface area contributed by atoms with Crippen LogP contribution in [0.4, 0.5) is 0 Å². The van der Waals surface area contributed by atoms with Crippen molar-refractivity contribution in [3.8, 4) is 0 Å². The number of carboxylic acid groups (broad SMARTS) is 3. The summed E-state index contributed by atoms with van der Waals surface area (Å²) in [6.07, 6.45) is 4.75. The summed E-state index contributed by atoms with van der Waals surface area (Å²) in [5.74, 6) is -2.00. The number of aliphatic carboxylic acids is 3. The predicted octanol–water partition coefficient (Wildman–Crippen LogP) is -19.1. The van der Waals surface area contributed by atoms with Crippen molar-refractivity contribution in [2.75, 3.05) is 30.3 Å². The summed E-state index contributed by atoms with van der Waals surface area (Å²) in [5, 5.41) is 26.8. The molecule has 0 aromatic carbocycles. The van der Waals surface area contributed by atoms with Crippen LogP contribution in [0.1, 0.15) is 42.5 Å². The maximum Gasteiger partial charge on any atom is 1.00 e. The minimum Gasteiger partial charge on any atom is -0.796 e. The molecule has 0 bridgehead atoms. The standard InChI is InChI=1S/C3H8S3.3C2H4O2.C2H5.3CH4S.2CH4.6Rb/c4-1-3(6)2-5;3*1-2(3)4;4*1-2;;;;;;;;/h3-6H,1-2H2;3*1H3,(H,3,4);1H2,2H3;3*2H,1H3;2*1H4;;;;;;/q;;;;-1;;;;;;6*+1/p-9. The Hall–Kier alpha value is 11.3. The smallest absolute Gasteiger partial charge is 0.796 e. The van der Waals surface area contributed by atoms with Gasteiger partial charge in [-0.3, -0.25) is 0 Å². The number of carbonyl (C=O) groups excluding carboxylic acids is 3. The van der Waals surface area contributed by atoms with Crippen molar-refractivity contribution in [1.82, 2.24) is 0 Å². The average Bonchev–Trinajstić information content (AvgIpc) is 2.60.